The fourth-order valence-corrected chi connectivity index (χ4v) is 2.32. The van der Waals surface area contributed by atoms with Crippen LogP contribution in [0.2, 0.25) is 0 Å². The van der Waals surface area contributed by atoms with Crippen molar-refractivity contribution in [3.8, 4) is 6.07 Å². The summed E-state index contributed by atoms with van der Waals surface area (Å²) in [4.78, 5) is 11.8. The van der Waals surface area contributed by atoms with Crippen molar-refractivity contribution < 1.29 is 4.79 Å². The molecule has 0 saturated carbocycles. The number of nitriles is 1. The summed E-state index contributed by atoms with van der Waals surface area (Å²) in [6, 6.07) is 9.01. The summed E-state index contributed by atoms with van der Waals surface area (Å²) in [6.45, 7) is 4.15. The van der Waals surface area contributed by atoms with Crippen molar-refractivity contribution in [1.29, 1.82) is 5.26 Å². The van der Waals surface area contributed by atoms with E-state index in [0.29, 0.717) is 16.6 Å². The number of hydrogen-bond donors (Lipinski definition) is 2. The monoisotopic (exact) mass is 301 g/mol. The van der Waals surface area contributed by atoms with Gasteiger partial charge in [-0.25, -0.2) is 0 Å². The van der Waals surface area contributed by atoms with Gasteiger partial charge in [0.05, 0.1) is 18.2 Å². The van der Waals surface area contributed by atoms with Gasteiger partial charge < -0.3 is 5.32 Å². The summed E-state index contributed by atoms with van der Waals surface area (Å²) in [7, 11) is 0. The number of aromatic nitrogens is 2. The van der Waals surface area contributed by atoms with Crippen LogP contribution in [0.5, 0.6) is 0 Å². The highest BCUT2D eigenvalue weighted by atomic mass is 32.1. The van der Waals surface area contributed by atoms with Crippen molar-refractivity contribution in [2.75, 3.05) is 17.2 Å². The molecular formula is C14H15N5OS. The summed E-state index contributed by atoms with van der Waals surface area (Å²) >= 11 is 1.37. The van der Waals surface area contributed by atoms with E-state index in [1.54, 1.807) is 24.3 Å². The molecule has 0 aliphatic carbocycles. The van der Waals surface area contributed by atoms with Crippen molar-refractivity contribution in [3.63, 3.8) is 0 Å². The van der Waals surface area contributed by atoms with Crippen LogP contribution in [-0.4, -0.2) is 22.6 Å². The molecule has 108 valence electrons. The molecule has 0 atom stereocenters. The number of nitrogens with zero attached hydrogens (tertiary/aromatic N) is 3. The molecule has 1 aromatic heterocycles. The van der Waals surface area contributed by atoms with Crippen LogP contribution in [-0.2, 0) is 4.79 Å². The van der Waals surface area contributed by atoms with Gasteiger partial charge in [0.2, 0.25) is 11.0 Å². The number of carbonyl (C=O) groups excluding carboxylic acids is 1. The van der Waals surface area contributed by atoms with Gasteiger partial charge in [-0.3, -0.25) is 10.1 Å². The van der Waals surface area contributed by atoms with E-state index in [9.17, 15) is 4.79 Å². The summed E-state index contributed by atoms with van der Waals surface area (Å²) < 4.78 is 0. The standard InChI is InChI=1S/C14H15N5OS/c1-9(2)13-18-19-14(21-13)17-12(20)8-16-11-5-3-4-10(6-11)7-15/h3-6,9,16H,8H2,1-2H3,(H,17,19,20). The Morgan fingerprint density at radius 3 is 2.90 bits per heavy atom. The van der Waals surface area contributed by atoms with Gasteiger partial charge in [-0.1, -0.05) is 31.3 Å². The maximum Gasteiger partial charge on any atom is 0.245 e. The minimum Gasteiger partial charge on any atom is -0.376 e. The molecule has 21 heavy (non-hydrogen) atoms. The molecule has 0 saturated heterocycles. The minimum atomic E-state index is -0.205. The summed E-state index contributed by atoms with van der Waals surface area (Å²) in [5.41, 5.74) is 1.27. The Labute approximate surface area is 126 Å². The Hall–Kier alpha value is -2.46. The van der Waals surface area contributed by atoms with Gasteiger partial charge >= 0.3 is 0 Å². The Balaban J connectivity index is 1.88. The fourth-order valence-electron chi connectivity index (χ4n) is 1.56. The molecule has 0 aliphatic heterocycles. The van der Waals surface area contributed by atoms with E-state index >= 15 is 0 Å². The molecule has 2 rings (SSSR count). The molecule has 0 fully saturated rings. The van der Waals surface area contributed by atoms with Crippen LogP contribution in [0.15, 0.2) is 24.3 Å². The van der Waals surface area contributed by atoms with Gasteiger partial charge in [0.25, 0.3) is 0 Å². The molecule has 2 N–H and O–H groups in total. The molecule has 1 heterocycles. The van der Waals surface area contributed by atoms with E-state index in [1.165, 1.54) is 11.3 Å². The predicted octanol–water partition coefficient (Wildman–Crippen LogP) is 2.58. The van der Waals surface area contributed by atoms with E-state index in [2.05, 4.69) is 26.9 Å². The lowest BCUT2D eigenvalue weighted by Gasteiger charge is -2.05. The highest BCUT2D eigenvalue weighted by molar-refractivity contribution is 7.15. The number of benzene rings is 1. The number of carbonyl (C=O) groups is 1. The van der Waals surface area contributed by atoms with Crippen LogP contribution in [0.3, 0.4) is 0 Å². The maximum absolute atomic E-state index is 11.8. The summed E-state index contributed by atoms with van der Waals surface area (Å²) in [6.07, 6.45) is 0. The van der Waals surface area contributed by atoms with Crippen molar-refractivity contribution >= 4 is 28.1 Å². The van der Waals surface area contributed by atoms with Crippen LogP contribution in [0.4, 0.5) is 10.8 Å². The Morgan fingerprint density at radius 2 is 2.24 bits per heavy atom. The average molecular weight is 301 g/mol. The second-order valence-electron chi connectivity index (χ2n) is 4.69. The Bertz CT molecular complexity index is 674. The molecule has 0 aliphatic rings. The third-order valence-corrected chi connectivity index (χ3v) is 3.76. The van der Waals surface area contributed by atoms with Crippen LogP contribution in [0.1, 0.15) is 30.3 Å². The van der Waals surface area contributed by atoms with E-state index in [4.69, 9.17) is 5.26 Å². The highest BCUT2D eigenvalue weighted by Crippen LogP contribution is 2.22. The van der Waals surface area contributed by atoms with E-state index in [-0.39, 0.29) is 12.5 Å². The molecule has 0 bridgehead atoms. The normalized spacial score (nSPS) is 10.2. The highest BCUT2D eigenvalue weighted by Gasteiger charge is 2.10. The first-order chi connectivity index (χ1) is 10.1. The van der Waals surface area contributed by atoms with Crippen LogP contribution in [0, 0.1) is 11.3 Å². The zero-order valence-electron chi connectivity index (χ0n) is 11.8. The fraction of sp³-hybridized carbons (Fsp3) is 0.286. The Kier molecular flexibility index (Phi) is 4.85. The first-order valence-corrected chi connectivity index (χ1v) is 7.27. The number of amides is 1. The first-order valence-electron chi connectivity index (χ1n) is 6.46. The lowest BCUT2D eigenvalue weighted by molar-refractivity contribution is -0.114. The van der Waals surface area contributed by atoms with Gasteiger partial charge in [-0.2, -0.15) is 5.26 Å². The largest absolute Gasteiger partial charge is 0.376 e. The predicted molar refractivity (Wildman–Crippen MR) is 82.3 cm³/mol. The second-order valence-corrected chi connectivity index (χ2v) is 5.70. The number of nitrogens with one attached hydrogen (secondary N) is 2. The molecule has 6 nitrogen and oxygen atoms in total. The third-order valence-electron chi connectivity index (χ3n) is 2.63. The molecule has 0 spiro atoms. The molecule has 1 amide bonds. The van der Waals surface area contributed by atoms with Gasteiger partial charge in [0, 0.05) is 11.6 Å². The molecule has 1 aromatic carbocycles. The second kappa shape index (κ2) is 6.81. The number of anilines is 2. The minimum absolute atomic E-state index is 0.103. The quantitative estimate of drug-likeness (QED) is 0.885. The van der Waals surface area contributed by atoms with Crippen molar-refractivity contribution in [3.05, 3.63) is 34.8 Å². The number of hydrogen-bond acceptors (Lipinski definition) is 6. The molecule has 0 unspecified atom stereocenters. The van der Waals surface area contributed by atoms with Crippen molar-refractivity contribution in [2.45, 2.75) is 19.8 Å². The molecule has 0 radical (unpaired) electrons. The molecular weight excluding hydrogens is 286 g/mol. The average Bonchev–Trinajstić information content (AvgIpc) is 2.94. The summed E-state index contributed by atoms with van der Waals surface area (Å²) in [5.74, 6) is 0.0869. The van der Waals surface area contributed by atoms with Crippen LogP contribution >= 0.6 is 11.3 Å². The lowest BCUT2D eigenvalue weighted by atomic mass is 10.2. The van der Waals surface area contributed by atoms with Gasteiger partial charge in [-0.15, -0.1) is 10.2 Å². The van der Waals surface area contributed by atoms with E-state index in [0.717, 1.165) is 10.7 Å². The molecule has 2 aromatic rings. The lowest BCUT2D eigenvalue weighted by Crippen LogP contribution is -2.21. The zero-order valence-corrected chi connectivity index (χ0v) is 12.6. The number of rotatable bonds is 5. The SMILES string of the molecule is CC(C)c1nnc(NC(=O)CNc2cccc(C#N)c2)s1. The van der Waals surface area contributed by atoms with Crippen LogP contribution in [0.25, 0.3) is 0 Å². The zero-order chi connectivity index (χ0) is 15.2. The maximum atomic E-state index is 11.8. The first kappa shape index (κ1) is 14.9. The summed E-state index contributed by atoms with van der Waals surface area (Å²) in [5, 5.41) is 23.8. The van der Waals surface area contributed by atoms with Gasteiger partial charge in [0.1, 0.15) is 5.01 Å². The third kappa shape index (κ3) is 4.26. The van der Waals surface area contributed by atoms with Gasteiger partial charge in [0.15, 0.2) is 0 Å². The topological polar surface area (TPSA) is 90.7 Å². The smallest absolute Gasteiger partial charge is 0.245 e. The van der Waals surface area contributed by atoms with Crippen molar-refractivity contribution in [2.24, 2.45) is 0 Å². The van der Waals surface area contributed by atoms with Gasteiger partial charge in [-0.05, 0) is 18.2 Å². The van der Waals surface area contributed by atoms with Crippen molar-refractivity contribution in [1.82, 2.24) is 10.2 Å². The van der Waals surface area contributed by atoms with E-state index in [1.807, 2.05) is 13.8 Å². The van der Waals surface area contributed by atoms with Crippen LogP contribution < -0.4 is 10.6 Å². The Morgan fingerprint density at radius 1 is 1.43 bits per heavy atom. The van der Waals surface area contributed by atoms with E-state index < -0.39 is 0 Å². The molecule has 7 heteroatoms.